The molecule has 1 aromatic rings. The largest absolute Gasteiger partial charge is 0.311 e. The van der Waals surface area contributed by atoms with Crippen LogP contribution in [0.1, 0.15) is 44.7 Å². The zero-order chi connectivity index (χ0) is 16.9. The number of piperidine rings is 1. The predicted octanol–water partition coefficient (Wildman–Crippen LogP) is 3.14. The van der Waals surface area contributed by atoms with E-state index in [1.54, 1.807) is 0 Å². The number of rotatable bonds is 7. The SMILES string of the molecule is CCc1cccc(CNCC(C)(C)N2CCC(N(C)C)CC2)c1. The molecule has 0 aliphatic carbocycles. The highest BCUT2D eigenvalue weighted by atomic mass is 15.2. The van der Waals surface area contributed by atoms with Crippen molar-refractivity contribution in [3.63, 3.8) is 0 Å². The van der Waals surface area contributed by atoms with Crippen LogP contribution in [-0.2, 0) is 13.0 Å². The monoisotopic (exact) mass is 317 g/mol. The van der Waals surface area contributed by atoms with Gasteiger partial charge >= 0.3 is 0 Å². The van der Waals surface area contributed by atoms with Crippen LogP contribution in [0.2, 0.25) is 0 Å². The van der Waals surface area contributed by atoms with Crippen molar-refractivity contribution >= 4 is 0 Å². The fourth-order valence-electron chi connectivity index (χ4n) is 3.57. The Morgan fingerprint density at radius 2 is 1.83 bits per heavy atom. The lowest BCUT2D eigenvalue weighted by molar-refractivity contribution is 0.0616. The molecule has 0 bridgehead atoms. The topological polar surface area (TPSA) is 18.5 Å². The van der Waals surface area contributed by atoms with E-state index in [2.05, 4.69) is 74.2 Å². The zero-order valence-corrected chi connectivity index (χ0v) is 15.7. The van der Waals surface area contributed by atoms with Gasteiger partial charge in [0.1, 0.15) is 0 Å². The molecular formula is C20H35N3. The van der Waals surface area contributed by atoms with Gasteiger partial charge in [0.2, 0.25) is 0 Å². The first-order chi connectivity index (χ1) is 10.9. The number of hydrogen-bond acceptors (Lipinski definition) is 3. The van der Waals surface area contributed by atoms with Crippen molar-refractivity contribution < 1.29 is 0 Å². The minimum absolute atomic E-state index is 0.222. The molecule has 0 spiro atoms. The van der Waals surface area contributed by atoms with Gasteiger partial charge in [0.05, 0.1) is 0 Å². The lowest BCUT2D eigenvalue weighted by Gasteiger charge is -2.44. The van der Waals surface area contributed by atoms with E-state index >= 15 is 0 Å². The molecule has 0 radical (unpaired) electrons. The van der Waals surface area contributed by atoms with Crippen LogP contribution in [0.5, 0.6) is 0 Å². The van der Waals surface area contributed by atoms with Crippen molar-refractivity contribution in [3.05, 3.63) is 35.4 Å². The highest BCUT2D eigenvalue weighted by Gasteiger charge is 2.30. The summed E-state index contributed by atoms with van der Waals surface area (Å²) in [5.41, 5.74) is 3.04. The maximum absolute atomic E-state index is 3.67. The van der Waals surface area contributed by atoms with Gasteiger partial charge in [-0.25, -0.2) is 0 Å². The van der Waals surface area contributed by atoms with Crippen molar-refractivity contribution in [2.24, 2.45) is 0 Å². The Hall–Kier alpha value is -0.900. The molecule has 1 aromatic carbocycles. The molecule has 1 heterocycles. The molecule has 23 heavy (non-hydrogen) atoms. The van der Waals surface area contributed by atoms with Gasteiger partial charge in [0.25, 0.3) is 0 Å². The second-order valence-electron chi connectivity index (χ2n) is 7.77. The second kappa shape index (κ2) is 8.27. The molecule has 1 fully saturated rings. The van der Waals surface area contributed by atoms with E-state index < -0.39 is 0 Å². The summed E-state index contributed by atoms with van der Waals surface area (Å²) in [7, 11) is 4.41. The summed E-state index contributed by atoms with van der Waals surface area (Å²) >= 11 is 0. The third-order valence-electron chi connectivity index (χ3n) is 5.34. The van der Waals surface area contributed by atoms with Crippen LogP contribution >= 0.6 is 0 Å². The summed E-state index contributed by atoms with van der Waals surface area (Å²) in [5.74, 6) is 0. The Morgan fingerprint density at radius 1 is 1.17 bits per heavy atom. The minimum Gasteiger partial charge on any atom is -0.311 e. The molecule has 2 rings (SSSR count). The number of nitrogens with one attached hydrogen (secondary N) is 1. The molecule has 130 valence electrons. The number of hydrogen-bond donors (Lipinski definition) is 1. The van der Waals surface area contributed by atoms with E-state index in [0.29, 0.717) is 0 Å². The lowest BCUT2D eigenvalue weighted by Crippen LogP contribution is -2.55. The maximum Gasteiger partial charge on any atom is 0.0277 e. The Kier molecular flexibility index (Phi) is 6.63. The van der Waals surface area contributed by atoms with Gasteiger partial charge < -0.3 is 10.2 Å². The van der Waals surface area contributed by atoms with Crippen molar-refractivity contribution in [1.29, 1.82) is 0 Å². The van der Waals surface area contributed by atoms with Gasteiger partial charge in [0.15, 0.2) is 0 Å². The molecule has 0 saturated carbocycles. The van der Waals surface area contributed by atoms with Crippen molar-refractivity contribution in [2.75, 3.05) is 33.7 Å². The van der Waals surface area contributed by atoms with Crippen molar-refractivity contribution in [2.45, 2.75) is 58.2 Å². The molecule has 0 aromatic heterocycles. The summed E-state index contributed by atoms with van der Waals surface area (Å²) in [5, 5.41) is 3.67. The highest BCUT2D eigenvalue weighted by Crippen LogP contribution is 2.22. The molecule has 3 nitrogen and oxygen atoms in total. The summed E-state index contributed by atoms with van der Waals surface area (Å²) in [6.07, 6.45) is 3.68. The van der Waals surface area contributed by atoms with E-state index in [1.165, 1.54) is 37.1 Å². The zero-order valence-electron chi connectivity index (χ0n) is 15.7. The Balaban J connectivity index is 1.79. The molecule has 1 saturated heterocycles. The fraction of sp³-hybridized carbons (Fsp3) is 0.700. The minimum atomic E-state index is 0.222. The fourth-order valence-corrected chi connectivity index (χ4v) is 3.57. The lowest BCUT2D eigenvalue weighted by atomic mass is 9.95. The maximum atomic E-state index is 3.67. The summed E-state index contributed by atoms with van der Waals surface area (Å²) < 4.78 is 0. The average molecular weight is 318 g/mol. The predicted molar refractivity (Wildman–Crippen MR) is 99.9 cm³/mol. The van der Waals surface area contributed by atoms with E-state index in [1.807, 2.05) is 0 Å². The average Bonchev–Trinajstić information content (AvgIpc) is 2.55. The van der Waals surface area contributed by atoms with E-state index in [0.717, 1.165) is 25.6 Å². The number of likely N-dealkylation sites (tertiary alicyclic amines) is 1. The van der Waals surface area contributed by atoms with Crippen LogP contribution in [0, 0.1) is 0 Å². The van der Waals surface area contributed by atoms with Gasteiger partial charge in [-0.15, -0.1) is 0 Å². The Labute approximate surface area is 143 Å². The van der Waals surface area contributed by atoms with Crippen LogP contribution in [0.4, 0.5) is 0 Å². The first-order valence-corrected chi connectivity index (χ1v) is 9.12. The van der Waals surface area contributed by atoms with E-state index in [4.69, 9.17) is 0 Å². The second-order valence-corrected chi connectivity index (χ2v) is 7.77. The van der Waals surface area contributed by atoms with Crippen LogP contribution < -0.4 is 5.32 Å². The Bertz CT molecular complexity index is 474. The van der Waals surface area contributed by atoms with E-state index in [-0.39, 0.29) is 5.54 Å². The molecule has 0 atom stereocenters. The standard InChI is InChI=1S/C20H35N3/c1-6-17-8-7-9-18(14-17)15-21-16-20(2,3)23-12-10-19(11-13-23)22(4)5/h7-9,14,19,21H,6,10-13,15-16H2,1-5H3. The first kappa shape index (κ1) is 18.4. The first-order valence-electron chi connectivity index (χ1n) is 9.12. The van der Waals surface area contributed by atoms with Gasteiger partial charge in [-0.1, -0.05) is 31.2 Å². The smallest absolute Gasteiger partial charge is 0.0277 e. The molecule has 0 unspecified atom stereocenters. The Morgan fingerprint density at radius 3 is 2.43 bits per heavy atom. The molecule has 1 aliphatic rings. The summed E-state index contributed by atoms with van der Waals surface area (Å²) in [6, 6.07) is 9.69. The third-order valence-corrected chi connectivity index (χ3v) is 5.34. The van der Waals surface area contributed by atoms with Gasteiger partial charge in [-0.2, -0.15) is 0 Å². The molecule has 0 amide bonds. The third kappa shape index (κ3) is 5.30. The quantitative estimate of drug-likeness (QED) is 0.833. The van der Waals surface area contributed by atoms with Gasteiger partial charge in [-0.05, 0) is 58.3 Å². The molecular weight excluding hydrogens is 282 g/mol. The van der Waals surface area contributed by atoms with Gasteiger partial charge in [0, 0.05) is 37.8 Å². The normalized spacial score (nSPS) is 17.8. The summed E-state index contributed by atoms with van der Waals surface area (Å²) in [6.45, 7) is 11.4. The van der Waals surface area contributed by atoms with Crippen LogP contribution in [0.25, 0.3) is 0 Å². The number of aryl methyl sites for hydroxylation is 1. The van der Waals surface area contributed by atoms with Crippen molar-refractivity contribution in [3.8, 4) is 0 Å². The highest BCUT2D eigenvalue weighted by molar-refractivity contribution is 5.23. The van der Waals surface area contributed by atoms with Crippen LogP contribution in [0.15, 0.2) is 24.3 Å². The van der Waals surface area contributed by atoms with E-state index in [9.17, 15) is 0 Å². The summed E-state index contributed by atoms with van der Waals surface area (Å²) in [4.78, 5) is 5.03. The molecule has 1 aliphatic heterocycles. The molecule has 3 heteroatoms. The van der Waals surface area contributed by atoms with Crippen molar-refractivity contribution in [1.82, 2.24) is 15.1 Å². The van der Waals surface area contributed by atoms with Gasteiger partial charge in [-0.3, -0.25) is 4.90 Å². The van der Waals surface area contributed by atoms with Crippen LogP contribution in [-0.4, -0.2) is 55.1 Å². The number of benzene rings is 1. The van der Waals surface area contributed by atoms with Crippen LogP contribution in [0.3, 0.4) is 0 Å². The molecule has 1 N–H and O–H groups in total. The number of nitrogens with zero attached hydrogens (tertiary/aromatic N) is 2.